The molecule has 1 aromatic heterocycles. The number of phenols is 1. The van der Waals surface area contributed by atoms with Gasteiger partial charge < -0.3 is 10.1 Å². The normalized spacial score (nSPS) is 10.9. The molecule has 0 aliphatic rings. The van der Waals surface area contributed by atoms with Crippen molar-refractivity contribution in [2.75, 3.05) is 0 Å². The number of nitrogens with zero attached hydrogens (tertiary/aromatic N) is 1. The van der Waals surface area contributed by atoms with Gasteiger partial charge in [0.15, 0.2) is 0 Å². The number of benzene rings is 1. The molecule has 0 bridgehead atoms. The Balaban J connectivity index is 2.50. The molecule has 3 N–H and O–H groups in total. The second-order valence-electron chi connectivity index (χ2n) is 3.97. The molecule has 0 saturated carbocycles. The number of phenolic OH excluding ortho intramolecular Hbond substituents is 1. The van der Waals surface area contributed by atoms with E-state index in [4.69, 9.17) is 11.6 Å². The molecule has 0 spiro atoms. The number of halogens is 1. The molecule has 0 unspecified atom stereocenters. The predicted molar refractivity (Wildman–Crippen MR) is 76.4 cm³/mol. The summed E-state index contributed by atoms with van der Waals surface area (Å²) in [5.74, 6) is -0.107. The number of aromatic hydroxyl groups is 1. The summed E-state index contributed by atoms with van der Waals surface area (Å²) in [5.41, 5.74) is -2.43. The van der Waals surface area contributed by atoms with Crippen LogP contribution in [0.25, 0.3) is 12.2 Å². The number of nitro groups is 1. The Bertz CT molecular complexity index is 853. The molecular formula is C12H8ClN3O5. The highest BCUT2D eigenvalue weighted by Crippen LogP contribution is 2.24. The van der Waals surface area contributed by atoms with Crippen LogP contribution < -0.4 is 11.2 Å². The second-order valence-corrected chi connectivity index (χ2v) is 4.38. The van der Waals surface area contributed by atoms with Gasteiger partial charge in [0.05, 0.1) is 9.95 Å². The molecule has 8 nitrogen and oxygen atoms in total. The van der Waals surface area contributed by atoms with Crippen LogP contribution in [-0.2, 0) is 0 Å². The average molecular weight is 310 g/mol. The molecule has 0 fully saturated rings. The van der Waals surface area contributed by atoms with Crippen LogP contribution in [0.2, 0.25) is 5.02 Å². The number of aromatic amines is 2. The van der Waals surface area contributed by atoms with E-state index in [-0.39, 0.29) is 16.5 Å². The van der Waals surface area contributed by atoms with Crippen LogP contribution in [0.3, 0.4) is 0 Å². The van der Waals surface area contributed by atoms with Crippen molar-refractivity contribution >= 4 is 29.4 Å². The zero-order valence-corrected chi connectivity index (χ0v) is 11.0. The van der Waals surface area contributed by atoms with Gasteiger partial charge in [-0.1, -0.05) is 23.7 Å². The van der Waals surface area contributed by atoms with E-state index in [2.05, 4.69) is 4.98 Å². The van der Waals surface area contributed by atoms with Gasteiger partial charge in [0.2, 0.25) is 0 Å². The topological polar surface area (TPSA) is 129 Å². The van der Waals surface area contributed by atoms with E-state index >= 15 is 0 Å². The van der Waals surface area contributed by atoms with Gasteiger partial charge in [-0.2, -0.15) is 0 Å². The molecule has 0 saturated heterocycles. The Kier molecular flexibility index (Phi) is 3.90. The first-order valence-corrected chi connectivity index (χ1v) is 5.94. The van der Waals surface area contributed by atoms with Gasteiger partial charge in [0.25, 0.3) is 0 Å². The highest BCUT2D eigenvalue weighted by molar-refractivity contribution is 6.32. The van der Waals surface area contributed by atoms with Crippen molar-refractivity contribution in [2.45, 2.75) is 0 Å². The van der Waals surface area contributed by atoms with Crippen molar-refractivity contribution in [3.8, 4) is 5.75 Å². The molecule has 0 atom stereocenters. The van der Waals surface area contributed by atoms with E-state index in [9.17, 15) is 24.8 Å². The van der Waals surface area contributed by atoms with Crippen LogP contribution in [0.4, 0.5) is 5.69 Å². The average Bonchev–Trinajstić information content (AvgIpc) is 2.38. The number of hydrogen-bond acceptors (Lipinski definition) is 5. The lowest BCUT2D eigenvalue weighted by Crippen LogP contribution is -2.25. The van der Waals surface area contributed by atoms with Crippen LogP contribution in [0.1, 0.15) is 11.3 Å². The molecule has 9 heteroatoms. The second kappa shape index (κ2) is 5.63. The van der Waals surface area contributed by atoms with E-state index < -0.39 is 21.9 Å². The summed E-state index contributed by atoms with van der Waals surface area (Å²) in [4.78, 5) is 36.5. The number of rotatable bonds is 3. The summed E-state index contributed by atoms with van der Waals surface area (Å²) in [6.45, 7) is 0. The van der Waals surface area contributed by atoms with E-state index in [1.807, 2.05) is 0 Å². The van der Waals surface area contributed by atoms with Crippen LogP contribution >= 0.6 is 11.6 Å². The van der Waals surface area contributed by atoms with Gasteiger partial charge in [-0.25, -0.2) is 4.79 Å². The maximum atomic E-state index is 11.4. The third kappa shape index (κ3) is 3.18. The van der Waals surface area contributed by atoms with Gasteiger partial charge in [-0.05, 0) is 23.8 Å². The van der Waals surface area contributed by atoms with Crippen molar-refractivity contribution in [1.29, 1.82) is 0 Å². The molecule has 108 valence electrons. The molecule has 0 aliphatic carbocycles. The van der Waals surface area contributed by atoms with E-state index in [1.165, 1.54) is 30.4 Å². The molecule has 1 aromatic carbocycles. The van der Waals surface area contributed by atoms with Crippen molar-refractivity contribution in [3.05, 3.63) is 65.4 Å². The Morgan fingerprint density at radius 3 is 2.57 bits per heavy atom. The Labute approximate surface area is 121 Å². The predicted octanol–water partition coefficient (Wildman–Crippen LogP) is 1.50. The van der Waals surface area contributed by atoms with Crippen LogP contribution in [0.15, 0.2) is 27.8 Å². The zero-order valence-electron chi connectivity index (χ0n) is 10.3. The minimum atomic E-state index is -1.09. The Morgan fingerprint density at radius 1 is 1.24 bits per heavy atom. The lowest BCUT2D eigenvalue weighted by molar-refractivity contribution is -0.386. The van der Waals surface area contributed by atoms with Gasteiger partial charge >= 0.3 is 16.9 Å². The Hall–Kier alpha value is -2.87. The maximum Gasteiger partial charge on any atom is 0.357 e. The Morgan fingerprint density at radius 2 is 1.95 bits per heavy atom. The van der Waals surface area contributed by atoms with Crippen molar-refractivity contribution < 1.29 is 10.0 Å². The monoisotopic (exact) mass is 309 g/mol. The fraction of sp³-hybridized carbons (Fsp3) is 0. The lowest BCUT2D eigenvalue weighted by Gasteiger charge is -1.99. The lowest BCUT2D eigenvalue weighted by atomic mass is 10.2. The van der Waals surface area contributed by atoms with Crippen LogP contribution in [0, 0.1) is 10.1 Å². The van der Waals surface area contributed by atoms with Crippen LogP contribution in [-0.4, -0.2) is 20.0 Å². The smallest absolute Gasteiger partial charge is 0.357 e. The van der Waals surface area contributed by atoms with Gasteiger partial charge in [-0.15, -0.1) is 0 Å². The molecule has 1 heterocycles. The van der Waals surface area contributed by atoms with E-state index in [0.29, 0.717) is 5.56 Å². The number of H-pyrrole nitrogens is 2. The van der Waals surface area contributed by atoms with Gasteiger partial charge in [-0.3, -0.25) is 19.9 Å². The first-order chi connectivity index (χ1) is 9.88. The summed E-state index contributed by atoms with van der Waals surface area (Å²) in [7, 11) is 0. The van der Waals surface area contributed by atoms with Crippen molar-refractivity contribution in [3.63, 3.8) is 0 Å². The van der Waals surface area contributed by atoms with Gasteiger partial charge in [0, 0.05) is 0 Å². The fourth-order valence-electron chi connectivity index (χ4n) is 1.61. The minimum Gasteiger partial charge on any atom is -0.506 e. The molecule has 21 heavy (non-hydrogen) atoms. The minimum absolute atomic E-state index is 0.103. The maximum absolute atomic E-state index is 11.4. The van der Waals surface area contributed by atoms with Gasteiger partial charge in [0.1, 0.15) is 11.4 Å². The molecular weight excluding hydrogens is 302 g/mol. The summed E-state index contributed by atoms with van der Waals surface area (Å²) < 4.78 is 0. The quantitative estimate of drug-likeness (QED) is 0.584. The summed E-state index contributed by atoms with van der Waals surface area (Å²) in [6.07, 6.45) is 2.61. The summed E-state index contributed by atoms with van der Waals surface area (Å²) in [5, 5.41) is 20.2. The molecule has 2 aromatic rings. The standard InChI is InChI=1S/C12H8ClN3O5/c13-7-5-6(2-4-9(7)17)1-3-8-10(16(20)21)11(18)15-12(19)14-8/h1-5,17H,(H2,14,15,18,19)/b3-1+. The SMILES string of the molecule is O=c1[nH]c(/C=C/c2ccc(O)c(Cl)c2)c([N+](=O)[O-])c(=O)[nH]1. The summed E-state index contributed by atoms with van der Waals surface area (Å²) in [6, 6.07) is 4.27. The number of nitrogens with one attached hydrogen (secondary N) is 2. The van der Waals surface area contributed by atoms with Crippen molar-refractivity contribution in [1.82, 2.24) is 9.97 Å². The third-order valence-electron chi connectivity index (χ3n) is 2.54. The largest absolute Gasteiger partial charge is 0.506 e. The highest BCUT2D eigenvalue weighted by atomic mass is 35.5. The molecule has 0 radical (unpaired) electrons. The molecule has 0 aliphatic heterocycles. The third-order valence-corrected chi connectivity index (χ3v) is 2.84. The molecule has 2 rings (SSSR count). The van der Waals surface area contributed by atoms with E-state index in [0.717, 1.165) is 0 Å². The highest BCUT2D eigenvalue weighted by Gasteiger charge is 2.18. The zero-order chi connectivity index (χ0) is 15.6. The van der Waals surface area contributed by atoms with Crippen molar-refractivity contribution in [2.24, 2.45) is 0 Å². The fourth-order valence-corrected chi connectivity index (χ4v) is 1.79. The van der Waals surface area contributed by atoms with Crippen LogP contribution in [0.5, 0.6) is 5.75 Å². The van der Waals surface area contributed by atoms with E-state index in [1.54, 1.807) is 4.98 Å². The first-order valence-electron chi connectivity index (χ1n) is 5.56. The number of hydrogen-bond donors (Lipinski definition) is 3. The molecule has 0 amide bonds. The first kappa shape index (κ1) is 14.5. The summed E-state index contributed by atoms with van der Waals surface area (Å²) >= 11 is 5.72. The number of aromatic nitrogens is 2.